The van der Waals surface area contributed by atoms with Crippen LogP contribution in [0.3, 0.4) is 0 Å². The molecule has 0 radical (unpaired) electrons. The summed E-state index contributed by atoms with van der Waals surface area (Å²) in [7, 11) is 0. The molecule has 8 heteroatoms. The van der Waals surface area contributed by atoms with Crippen LogP contribution in [-0.4, -0.2) is 56.0 Å². The van der Waals surface area contributed by atoms with Crippen molar-refractivity contribution in [1.29, 1.82) is 0 Å². The molecular weight excluding hydrogens is 479 g/mol. The first-order valence-corrected chi connectivity index (χ1v) is 11.4. The lowest BCUT2D eigenvalue weighted by atomic mass is 9.95. The lowest BCUT2D eigenvalue weighted by molar-refractivity contribution is -0.908. The second kappa shape index (κ2) is 9.94. The quantitative estimate of drug-likeness (QED) is 0.365. The number of nitrogens with zero attached hydrogens (tertiary/aromatic N) is 1. The number of likely N-dealkylation sites (tertiary alicyclic amines) is 1. The van der Waals surface area contributed by atoms with Gasteiger partial charge >= 0.3 is 0 Å². The number of benzene rings is 2. The van der Waals surface area contributed by atoms with E-state index >= 15 is 0 Å². The smallest absolute Gasteiger partial charge is 0.295 e. The standard InChI is InChI=1S/C24H24BrFN2O4/c25-18-4-1-3-17(15-18)21-20(22(29)16-5-7-19(26)8-6-16)23(30)24(31)28(21)10-2-9-27-11-13-32-14-12-27/h1,3-8,15,21,29H,2,9-14H2. The number of carbonyl (C=O) groups excluding carboxylic acids is 2. The van der Waals surface area contributed by atoms with Crippen LogP contribution in [0.15, 0.2) is 58.6 Å². The predicted octanol–water partition coefficient (Wildman–Crippen LogP) is 1.12. The van der Waals surface area contributed by atoms with Gasteiger partial charge in [-0.05, 0) is 35.4 Å². The van der Waals surface area contributed by atoms with Gasteiger partial charge in [-0.15, -0.1) is 0 Å². The second-order valence-corrected chi connectivity index (χ2v) is 8.92. The molecule has 2 aliphatic rings. The molecule has 2 aliphatic heterocycles. The van der Waals surface area contributed by atoms with Gasteiger partial charge < -0.3 is 19.6 Å². The molecule has 0 saturated carbocycles. The monoisotopic (exact) mass is 502 g/mol. The van der Waals surface area contributed by atoms with Gasteiger partial charge in [-0.1, -0.05) is 46.0 Å². The molecule has 168 valence electrons. The lowest BCUT2D eigenvalue weighted by Crippen LogP contribution is -3.14. The Labute approximate surface area is 194 Å². The maximum atomic E-state index is 13.3. The van der Waals surface area contributed by atoms with Crippen molar-refractivity contribution in [3.63, 3.8) is 0 Å². The van der Waals surface area contributed by atoms with E-state index < -0.39 is 29.3 Å². The van der Waals surface area contributed by atoms with Gasteiger partial charge in [-0.2, -0.15) is 0 Å². The number of morpholine rings is 1. The molecule has 6 nitrogen and oxygen atoms in total. The summed E-state index contributed by atoms with van der Waals surface area (Å²) in [5, 5.41) is 13.3. The fraction of sp³-hybridized carbons (Fsp3) is 0.333. The van der Waals surface area contributed by atoms with Crippen LogP contribution >= 0.6 is 15.9 Å². The molecule has 4 rings (SSSR count). The maximum Gasteiger partial charge on any atom is 0.295 e. The third-order valence-electron chi connectivity index (χ3n) is 5.93. The van der Waals surface area contributed by atoms with E-state index in [1.807, 2.05) is 18.2 Å². The van der Waals surface area contributed by atoms with Gasteiger partial charge in [0.2, 0.25) is 5.78 Å². The van der Waals surface area contributed by atoms with Gasteiger partial charge in [-0.25, -0.2) is 4.39 Å². The van der Waals surface area contributed by atoms with Crippen LogP contribution in [-0.2, 0) is 14.3 Å². The summed E-state index contributed by atoms with van der Waals surface area (Å²) >= 11 is 3.43. The topological polar surface area (TPSA) is 74.1 Å². The van der Waals surface area contributed by atoms with Crippen LogP contribution < -0.4 is 10.0 Å². The Kier molecular flexibility index (Phi) is 7.03. The van der Waals surface area contributed by atoms with Gasteiger partial charge in [0.1, 0.15) is 18.9 Å². The maximum absolute atomic E-state index is 13.3. The molecule has 1 amide bonds. The molecule has 2 aromatic carbocycles. The van der Waals surface area contributed by atoms with Crippen LogP contribution in [0.5, 0.6) is 0 Å². The van der Waals surface area contributed by atoms with Crippen LogP contribution in [0.1, 0.15) is 23.6 Å². The predicted molar refractivity (Wildman–Crippen MR) is 118 cm³/mol. The van der Waals surface area contributed by atoms with Gasteiger partial charge in [0.05, 0.1) is 25.8 Å². The Balaban J connectivity index is 1.67. The number of quaternary nitrogens is 1. The molecule has 2 saturated heterocycles. The van der Waals surface area contributed by atoms with Crippen LogP contribution in [0.4, 0.5) is 4.39 Å². The van der Waals surface area contributed by atoms with Crippen molar-refractivity contribution in [2.75, 3.05) is 39.4 Å². The Bertz CT molecular complexity index is 1030. The van der Waals surface area contributed by atoms with Crippen molar-refractivity contribution in [2.45, 2.75) is 12.5 Å². The first kappa shape index (κ1) is 22.6. The summed E-state index contributed by atoms with van der Waals surface area (Å²) in [6.45, 7) is 4.51. The molecular formula is C24H24BrFN2O4. The number of amides is 1. The van der Waals surface area contributed by atoms with Crippen molar-refractivity contribution < 1.29 is 28.7 Å². The number of rotatable bonds is 6. The third kappa shape index (κ3) is 4.77. The molecule has 1 atom stereocenters. The molecule has 0 aliphatic carbocycles. The van der Waals surface area contributed by atoms with E-state index in [4.69, 9.17) is 4.74 Å². The van der Waals surface area contributed by atoms with Crippen molar-refractivity contribution in [3.05, 3.63) is 75.5 Å². The summed E-state index contributed by atoms with van der Waals surface area (Å²) in [5.74, 6) is -2.48. The van der Waals surface area contributed by atoms with Gasteiger partial charge in [0.15, 0.2) is 0 Å². The van der Waals surface area contributed by atoms with Gasteiger partial charge in [0.25, 0.3) is 5.91 Å². The number of hydrogen-bond acceptors (Lipinski definition) is 4. The summed E-state index contributed by atoms with van der Waals surface area (Å²) in [5.41, 5.74) is 0.781. The fourth-order valence-corrected chi connectivity index (χ4v) is 4.71. The molecule has 0 bridgehead atoms. The zero-order chi connectivity index (χ0) is 22.7. The third-order valence-corrected chi connectivity index (χ3v) is 6.42. The van der Waals surface area contributed by atoms with Crippen molar-refractivity contribution in [1.82, 2.24) is 4.90 Å². The lowest BCUT2D eigenvalue weighted by Gasteiger charge is -2.29. The minimum atomic E-state index is -0.789. The molecule has 0 aromatic heterocycles. The molecule has 32 heavy (non-hydrogen) atoms. The fourth-order valence-electron chi connectivity index (χ4n) is 4.29. The van der Waals surface area contributed by atoms with Crippen LogP contribution in [0.2, 0.25) is 0 Å². The Morgan fingerprint density at radius 2 is 1.88 bits per heavy atom. The summed E-state index contributed by atoms with van der Waals surface area (Å²) in [6, 6.07) is 11.5. The van der Waals surface area contributed by atoms with E-state index in [1.54, 1.807) is 6.07 Å². The van der Waals surface area contributed by atoms with E-state index in [9.17, 15) is 19.1 Å². The van der Waals surface area contributed by atoms with E-state index in [1.165, 1.54) is 34.1 Å². The second-order valence-electron chi connectivity index (χ2n) is 8.00. The van der Waals surface area contributed by atoms with Crippen molar-refractivity contribution in [3.8, 4) is 0 Å². The zero-order valence-corrected chi connectivity index (χ0v) is 19.1. The molecule has 0 spiro atoms. The Morgan fingerprint density at radius 3 is 2.56 bits per heavy atom. The minimum Gasteiger partial charge on any atom is -0.872 e. The largest absolute Gasteiger partial charge is 0.872 e. The molecule has 1 N–H and O–H groups in total. The minimum absolute atomic E-state index is 0.0848. The Hall–Kier alpha value is -2.55. The number of carbonyl (C=O) groups is 2. The van der Waals surface area contributed by atoms with E-state index in [0.717, 1.165) is 37.3 Å². The van der Waals surface area contributed by atoms with Crippen LogP contribution in [0.25, 0.3) is 5.76 Å². The van der Waals surface area contributed by atoms with Crippen molar-refractivity contribution in [2.24, 2.45) is 0 Å². The van der Waals surface area contributed by atoms with Gasteiger partial charge in [0, 0.05) is 23.0 Å². The highest BCUT2D eigenvalue weighted by Crippen LogP contribution is 2.39. The van der Waals surface area contributed by atoms with E-state index in [2.05, 4.69) is 15.9 Å². The number of hydrogen-bond donors (Lipinski definition) is 1. The highest BCUT2D eigenvalue weighted by molar-refractivity contribution is 9.10. The van der Waals surface area contributed by atoms with Crippen LogP contribution in [0, 0.1) is 5.82 Å². The van der Waals surface area contributed by atoms with Gasteiger partial charge in [-0.3, -0.25) is 9.59 Å². The van der Waals surface area contributed by atoms with E-state index in [-0.39, 0.29) is 11.1 Å². The molecule has 2 aromatic rings. The normalized spacial score (nSPS) is 21.3. The molecule has 2 fully saturated rings. The summed E-state index contributed by atoms with van der Waals surface area (Å²) < 4.78 is 19.5. The molecule has 1 unspecified atom stereocenters. The highest BCUT2D eigenvalue weighted by atomic mass is 79.9. The average molecular weight is 503 g/mol. The van der Waals surface area contributed by atoms with Crippen molar-refractivity contribution >= 4 is 33.4 Å². The summed E-state index contributed by atoms with van der Waals surface area (Å²) in [6.07, 6.45) is 0.705. The number of halogens is 2. The number of ether oxygens (including phenoxy) is 1. The first-order chi connectivity index (χ1) is 15.5. The number of Topliss-reactive ketones (excluding diaryl/α,β-unsaturated/α-hetero) is 1. The highest BCUT2D eigenvalue weighted by Gasteiger charge is 2.44. The zero-order valence-electron chi connectivity index (χ0n) is 17.5. The molecule has 2 heterocycles. The average Bonchev–Trinajstić information content (AvgIpc) is 3.05. The first-order valence-electron chi connectivity index (χ1n) is 10.6. The Morgan fingerprint density at radius 1 is 1.16 bits per heavy atom. The number of ketones is 1. The SMILES string of the molecule is O=C1C(=O)N(CCC[NH+]2CCOCC2)C(c2cccc(Br)c2)C1=C([O-])c1ccc(F)cc1. The number of nitrogens with one attached hydrogen (secondary N) is 1. The van der Waals surface area contributed by atoms with E-state index in [0.29, 0.717) is 18.5 Å². The summed E-state index contributed by atoms with van der Waals surface area (Å²) in [4.78, 5) is 28.8.